The number of hydrogen-bond donors (Lipinski definition) is 4. The predicted octanol–water partition coefficient (Wildman–Crippen LogP) is 7.28. The average Bonchev–Trinajstić information content (AvgIpc) is 3.97. The van der Waals surface area contributed by atoms with Crippen LogP contribution in [0, 0.1) is 0 Å². The molecule has 10 rings (SSSR count). The normalized spacial score (nSPS) is 21.5. The van der Waals surface area contributed by atoms with Gasteiger partial charge >= 0.3 is 11.4 Å². The standard InChI is InChI=1S/C49H42FN3O6.C10H14FN3O4/c1-56-40-27-23-36(24-28-40)48(34-15-7-3-8-16-34,35-17-9-4-10-18-35)52-43-31-32-53(47(55)51-43)46-44(50)45(42(33-54)58-46)59-49(37-19-11-5-12-20-37,38-21-13-6-14-22-38)39-25-29-41(57-2)30-26-39;1-4(15)8-7(16)6(11)9(18-8)14-3-2-5(12)13-10(14)17/h3-33,42,44-46H,1-2H3,(H,51,52,55);2-4,6-9,15-16H,1H3,(H2,12,13,17)/t42-,44-,45-,46?;4?,6-,7+,8-,9?/m11/s1. The molecule has 0 aliphatic carbocycles. The van der Waals surface area contributed by atoms with Gasteiger partial charge in [-0.15, -0.1) is 0 Å². The van der Waals surface area contributed by atoms with Crippen LogP contribution in [0.25, 0.3) is 0 Å². The number of benzene rings is 6. The second-order valence-electron chi connectivity index (χ2n) is 18.3. The van der Waals surface area contributed by atoms with Crippen molar-refractivity contribution in [2.75, 3.05) is 25.3 Å². The highest BCUT2D eigenvalue weighted by molar-refractivity contribution is 5.60. The van der Waals surface area contributed by atoms with Gasteiger partial charge in [-0.3, -0.25) is 9.13 Å². The van der Waals surface area contributed by atoms with E-state index in [2.05, 4.69) is 15.3 Å². The lowest BCUT2D eigenvalue weighted by atomic mass is 9.77. The minimum absolute atomic E-state index is 0.0114. The number of anilines is 2. The van der Waals surface area contributed by atoms with E-state index >= 15 is 4.39 Å². The largest absolute Gasteiger partial charge is 0.497 e. The van der Waals surface area contributed by atoms with E-state index < -0.39 is 77.8 Å². The van der Waals surface area contributed by atoms with Crippen molar-refractivity contribution in [3.63, 3.8) is 0 Å². The third-order valence-electron chi connectivity index (χ3n) is 13.7. The molecule has 4 heterocycles. The van der Waals surface area contributed by atoms with Crippen LogP contribution in [0.5, 0.6) is 11.5 Å². The number of methoxy groups -OCH3 is 2. The lowest BCUT2D eigenvalue weighted by Crippen LogP contribution is -2.44. The third-order valence-corrected chi connectivity index (χ3v) is 13.7. The number of aldehydes is 1. The summed E-state index contributed by atoms with van der Waals surface area (Å²) in [4.78, 5) is 46.2. The number of nitrogen functional groups attached to an aromatic ring is 1. The zero-order valence-corrected chi connectivity index (χ0v) is 42.0. The quantitative estimate of drug-likeness (QED) is 0.0554. The number of carbonyl (C=O) groups excluding carboxylic acids is 1. The Morgan fingerprint density at radius 2 is 1.05 bits per heavy atom. The van der Waals surface area contributed by atoms with Crippen molar-refractivity contribution in [2.45, 2.75) is 73.4 Å². The fraction of sp³-hybridized carbons (Fsp3) is 0.237. The summed E-state index contributed by atoms with van der Waals surface area (Å²) in [5.41, 5.74) is 6.02. The SMILES string of the molecule is CC(O)[C@H]1OC(n2ccc(N)nc2=O)[C@H](F)[C@@H]1O.COc1ccc(C(Nc2ccn(C3O[C@H](C=O)[C@@H](OC(c4ccccc4)(c4ccccc4)c4ccc(OC)cc4)[C@H]3F)c(=O)n2)(c2ccccc2)c2ccccc2)cc1. The first-order valence-corrected chi connectivity index (χ1v) is 24.6. The number of halogens is 2. The molecule has 2 saturated heterocycles. The molecule has 0 amide bonds. The van der Waals surface area contributed by atoms with Crippen LogP contribution in [0.4, 0.5) is 20.4 Å². The number of alkyl halides is 2. The van der Waals surface area contributed by atoms with Gasteiger partial charge in [0.25, 0.3) is 0 Å². The van der Waals surface area contributed by atoms with Crippen molar-refractivity contribution in [3.05, 3.63) is 249 Å². The topological polar surface area (TPSA) is 212 Å². The van der Waals surface area contributed by atoms with Crippen LogP contribution < -0.4 is 31.9 Å². The molecule has 2 fully saturated rings. The van der Waals surface area contributed by atoms with E-state index in [9.17, 15) is 29.0 Å². The Hall–Kier alpha value is -8.39. The molecule has 9 atom stereocenters. The average molecular weight is 1050 g/mol. The van der Waals surface area contributed by atoms with Crippen molar-refractivity contribution in [2.24, 2.45) is 0 Å². The summed E-state index contributed by atoms with van der Waals surface area (Å²) in [5, 5.41) is 22.5. The molecule has 6 aromatic carbocycles. The summed E-state index contributed by atoms with van der Waals surface area (Å²) in [7, 11) is 3.19. The van der Waals surface area contributed by atoms with E-state index in [-0.39, 0.29) is 11.6 Å². The Morgan fingerprint density at radius 1 is 0.623 bits per heavy atom. The number of nitrogens with one attached hydrogen (secondary N) is 1. The minimum Gasteiger partial charge on any atom is -0.497 e. The molecular formula is C59H56F2N6O10. The van der Waals surface area contributed by atoms with Crippen molar-refractivity contribution >= 4 is 17.9 Å². The second-order valence-corrected chi connectivity index (χ2v) is 18.3. The molecule has 396 valence electrons. The van der Waals surface area contributed by atoms with Crippen molar-refractivity contribution < 1.29 is 47.5 Å². The fourth-order valence-corrected chi connectivity index (χ4v) is 9.90. The zero-order chi connectivity index (χ0) is 54.3. The molecule has 3 unspecified atom stereocenters. The molecule has 8 aromatic rings. The molecule has 2 aliphatic heterocycles. The number of aromatic nitrogens is 4. The second kappa shape index (κ2) is 23.2. The maximum atomic E-state index is 17.2. The molecule has 2 aliphatic rings. The van der Waals surface area contributed by atoms with E-state index in [0.29, 0.717) is 34.5 Å². The Balaban J connectivity index is 0.000000339. The molecule has 5 N–H and O–H groups in total. The van der Waals surface area contributed by atoms with E-state index in [4.69, 9.17) is 29.4 Å². The van der Waals surface area contributed by atoms with Crippen LogP contribution in [0.3, 0.4) is 0 Å². The van der Waals surface area contributed by atoms with Crippen LogP contribution in [0.2, 0.25) is 0 Å². The fourth-order valence-electron chi connectivity index (χ4n) is 9.90. The molecule has 0 radical (unpaired) electrons. The molecule has 0 spiro atoms. The number of nitrogens with two attached hydrogens (primary N) is 1. The Morgan fingerprint density at radius 3 is 1.49 bits per heavy atom. The van der Waals surface area contributed by atoms with Crippen LogP contribution in [0.1, 0.15) is 52.8 Å². The molecule has 16 nitrogen and oxygen atoms in total. The summed E-state index contributed by atoms with van der Waals surface area (Å²) >= 11 is 0. The Bertz CT molecular complexity index is 3260. The number of nitrogens with zero attached hydrogens (tertiary/aromatic N) is 4. The summed E-state index contributed by atoms with van der Waals surface area (Å²) in [6, 6.07) is 56.4. The van der Waals surface area contributed by atoms with Crippen LogP contribution in [0.15, 0.2) is 204 Å². The Kier molecular flexibility index (Phi) is 16.1. The molecule has 18 heteroatoms. The summed E-state index contributed by atoms with van der Waals surface area (Å²) in [6.07, 6.45) is -9.92. The number of hydrogen-bond acceptors (Lipinski definition) is 14. The van der Waals surface area contributed by atoms with E-state index in [1.54, 1.807) is 32.4 Å². The van der Waals surface area contributed by atoms with Crippen LogP contribution >= 0.6 is 0 Å². The smallest absolute Gasteiger partial charge is 0.351 e. The van der Waals surface area contributed by atoms with Crippen LogP contribution in [-0.4, -0.2) is 92.7 Å². The predicted molar refractivity (Wildman–Crippen MR) is 283 cm³/mol. The minimum atomic E-state index is -1.97. The van der Waals surface area contributed by atoms with Gasteiger partial charge in [-0.1, -0.05) is 146 Å². The number of rotatable bonds is 16. The molecule has 77 heavy (non-hydrogen) atoms. The maximum Gasteiger partial charge on any atom is 0.351 e. The van der Waals surface area contributed by atoms with E-state index in [1.165, 1.54) is 25.4 Å². The highest BCUT2D eigenvalue weighted by Gasteiger charge is 2.53. The maximum absolute atomic E-state index is 17.2. The van der Waals surface area contributed by atoms with Gasteiger partial charge in [0.15, 0.2) is 31.1 Å². The highest BCUT2D eigenvalue weighted by Crippen LogP contribution is 2.46. The summed E-state index contributed by atoms with van der Waals surface area (Å²) < 4.78 is 62.1. The monoisotopic (exact) mass is 1050 g/mol. The highest BCUT2D eigenvalue weighted by atomic mass is 19.1. The van der Waals surface area contributed by atoms with Crippen molar-refractivity contribution in [1.29, 1.82) is 0 Å². The lowest BCUT2D eigenvalue weighted by molar-refractivity contribution is -0.131. The number of aliphatic hydroxyl groups is 2. The first kappa shape index (κ1) is 53.4. The Labute approximate surface area is 441 Å². The van der Waals surface area contributed by atoms with Gasteiger partial charge in [0.1, 0.15) is 58.7 Å². The van der Waals surface area contributed by atoms with Gasteiger partial charge in [-0.25, -0.2) is 18.4 Å². The molecule has 2 aromatic heterocycles. The first-order valence-electron chi connectivity index (χ1n) is 24.6. The van der Waals surface area contributed by atoms with E-state index in [0.717, 1.165) is 25.8 Å². The zero-order valence-electron chi connectivity index (χ0n) is 42.0. The number of aliphatic hydroxyl groups excluding tert-OH is 2. The van der Waals surface area contributed by atoms with Gasteiger partial charge in [-0.05, 0) is 76.7 Å². The van der Waals surface area contributed by atoms with Gasteiger partial charge < -0.3 is 49.7 Å². The van der Waals surface area contributed by atoms with Crippen LogP contribution in [-0.2, 0) is 30.1 Å². The first-order chi connectivity index (χ1) is 37.3. The number of carbonyl (C=O) groups is 1. The van der Waals surface area contributed by atoms with Gasteiger partial charge in [-0.2, -0.15) is 9.97 Å². The van der Waals surface area contributed by atoms with Crippen molar-refractivity contribution in [3.8, 4) is 11.5 Å². The lowest BCUT2D eigenvalue weighted by Gasteiger charge is -2.39. The molecule has 0 bridgehead atoms. The molecule has 0 saturated carbocycles. The number of ether oxygens (including phenoxy) is 5. The van der Waals surface area contributed by atoms with Crippen molar-refractivity contribution in [1.82, 2.24) is 19.1 Å². The molecular weight excluding hydrogens is 991 g/mol. The van der Waals surface area contributed by atoms with E-state index in [1.807, 2.05) is 158 Å². The summed E-state index contributed by atoms with van der Waals surface area (Å²) in [5.74, 6) is 1.55. The van der Waals surface area contributed by atoms with Gasteiger partial charge in [0.05, 0.1) is 20.3 Å². The van der Waals surface area contributed by atoms with Gasteiger partial charge in [0.2, 0.25) is 0 Å². The summed E-state index contributed by atoms with van der Waals surface area (Å²) in [6.45, 7) is 1.37. The van der Waals surface area contributed by atoms with Gasteiger partial charge in [0, 0.05) is 12.4 Å². The third kappa shape index (κ3) is 10.6.